The van der Waals surface area contributed by atoms with Gasteiger partial charge in [-0.1, -0.05) is 25.1 Å². The highest BCUT2D eigenvalue weighted by Crippen LogP contribution is 2.18. The Morgan fingerprint density at radius 3 is 3.00 bits per heavy atom. The van der Waals surface area contributed by atoms with E-state index in [-0.39, 0.29) is 0 Å². The second kappa shape index (κ2) is 5.60. The van der Waals surface area contributed by atoms with Gasteiger partial charge in [0.15, 0.2) is 0 Å². The molecule has 0 radical (unpaired) electrons. The van der Waals surface area contributed by atoms with Gasteiger partial charge in [0.25, 0.3) is 0 Å². The Hall–Kier alpha value is -0.670. The highest BCUT2D eigenvalue weighted by atomic mass is 32.2. The molecule has 0 aliphatic carbocycles. The van der Waals surface area contributed by atoms with Crippen LogP contribution in [0.25, 0.3) is 0 Å². The van der Waals surface area contributed by atoms with Crippen LogP contribution in [0.1, 0.15) is 12.5 Å². The predicted molar refractivity (Wildman–Crippen MR) is 72.9 cm³/mol. The van der Waals surface area contributed by atoms with E-state index in [1.165, 1.54) is 24.4 Å². The van der Waals surface area contributed by atoms with Crippen molar-refractivity contribution < 1.29 is 0 Å². The van der Waals surface area contributed by atoms with Crippen molar-refractivity contribution in [1.29, 1.82) is 0 Å². The number of rotatable bonds is 3. The second-order valence-electron chi connectivity index (χ2n) is 4.43. The Balaban J connectivity index is 1.85. The summed E-state index contributed by atoms with van der Waals surface area (Å²) in [6.07, 6.45) is 1.07. The molecular weight excluding hydrogens is 216 g/mol. The third kappa shape index (κ3) is 3.16. The van der Waals surface area contributed by atoms with Crippen LogP contribution in [0.15, 0.2) is 24.3 Å². The molecule has 1 heterocycles. The zero-order chi connectivity index (χ0) is 11.4. The fourth-order valence-electron chi connectivity index (χ4n) is 2.13. The zero-order valence-corrected chi connectivity index (χ0v) is 10.7. The number of nitrogens with zero attached hydrogens (tertiary/aromatic N) is 1. The third-order valence-electron chi connectivity index (χ3n) is 3.08. The molecule has 2 rings (SSSR count). The minimum atomic E-state index is 0.780. The number of hydrogen-bond acceptors (Lipinski definition) is 3. The summed E-state index contributed by atoms with van der Waals surface area (Å²) >= 11 is 2.08. The second-order valence-corrected chi connectivity index (χ2v) is 5.98. The molecule has 0 bridgehead atoms. The Bertz CT molecular complexity index is 340. The highest BCUT2D eigenvalue weighted by Gasteiger charge is 2.16. The lowest BCUT2D eigenvalue weighted by Crippen LogP contribution is -2.37. The van der Waals surface area contributed by atoms with Gasteiger partial charge in [-0.25, -0.2) is 0 Å². The molecule has 1 unspecified atom stereocenters. The lowest BCUT2D eigenvalue weighted by Gasteiger charge is -2.30. The van der Waals surface area contributed by atoms with E-state index >= 15 is 0 Å². The number of thioether (sulfide) groups is 1. The van der Waals surface area contributed by atoms with Gasteiger partial charge in [0.05, 0.1) is 0 Å². The Kier molecular flexibility index (Phi) is 4.13. The molecule has 1 aromatic carbocycles. The van der Waals surface area contributed by atoms with Crippen molar-refractivity contribution in [2.75, 3.05) is 31.1 Å². The fourth-order valence-corrected chi connectivity index (χ4v) is 3.22. The van der Waals surface area contributed by atoms with Crippen LogP contribution in [0.4, 0.5) is 5.69 Å². The average Bonchev–Trinajstić information content (AvgIpc) is 2.28. The van der Waals surface area contributed by atoms with Crippen LogP contribution in [0.2, 0.25) is 0 Å². The number of nitrogens with two attached hydrogens (primary N) is 1. The van der Waals surface area contributed by atoms with Crippen LogP contribution < -0.4 is 5.73 Å². The summed E-state index contributed by atoms with van der Waals surface area (Å²) in [5.41, 5.74) is 8.16. The van der Waals surface area contributed by atoms with Crippen molar-refractivity contribution in [2.45, 2.75) is 18.6 Å². The molecule has 3 heteroatoms. The number of benzene rings is 1. The van der Waals surface area contributed by atoms with Crippen molar-refractivity contribution in [3.8, 4) is 0 Å². The minimum absolute atomic E-state index is 0.780. The molecule has 16 heavy (non-hydrogen) atoms. The lowest BCUT2D eigenvalue weighted by molar-refractivity contribution is 0.290. The van der Waals surface area contributed by atoms with Gasteiger partial charge in [-0.05, 0) is 18.1 Å². The molecule has 0 saturated carbocycles. The van der Waals surface area contributed by atoms with Crippen molar-refractivity contribution in [2.24, 2.45) is 0 Å². The van der Waals surface area contributed by atoms with Crippen LogP contribution in [0.3, 0.4) is 0 Å². The molecule has 2 N–H and O–H groups in total. The molecular formula is C13H20N2S. The molecule has 1 aliphatic heterocycles. The van der Waals surface area contributed by atoms with E-state index in [0.717, 1.165) is 23.9 Å². The van der Waals surface area contributed by atoms with Gasteiger partial charge < -0.3 is 10.6 Å². The number of hydrogen-bond donors (Lipinski definition) is 1. The molecule has 0 aromatic heterocycles. The topological polar surface area (TPSA) is 29.3 Å². The van der Waals surface area contributed by atoms with E-state index in [1.54, 1.807) is 0 Å². The zero-order valence-electron chi connectivity index (χ0n) is 9.86. The first-order chi connectivity index (χ1) is 7.75. The fraction of sp³-hybridized carbons (Fsp3) is 0.538. The van der Waals surface area contributed by atoms with Gasteiger partial charge in [-0.15, -0.1) is 0 Å². The smallest absolute Gasteiger partial charge is 0.0347 e. The van der Waals surface area contributed by atoms with Gasteiger partial charge in [0, 0.05) is 36.3 Å². The van der Waals surface area contributed by atoms with Crippen LogP contribution in [-0.2, 0) is 6.42 Å². The molecule has 1 atom stereocenters. The maximum absolute atomic E-state index is 5.94. The molecule has 0 amide bonds. The Morgan fingerprint density at radius 2 is 2.25 bits per heavy atom. The first-order valence-electron chi connectivity index (χ1n) is 5.93. The van der Waals surface area contributed by atoms with Crippen LogP contribution in [0, 0.1) is 0 Å². The lowest BCUT2D eigenvalue weighted by atomic mass is 10.1. The monoisotopic (exact) mass is 236 g/mol. The van der Waals surface area contributed by atoms with E-state index in [2.05, 4.69) is 35.7 Å². The van der Waals surface area contributed by atoms with Crippen LogP contribution in [0.5, 0.6) is 0 Å². The van der Waals surface area contributed by atoms with Crippen molar-refractivity contribution >= 4 is 17.4 Å². The van der Waals surface area contributed by atoms with Crippen LogP contribution in [-0.4, -0.2) is 35.5 Å². The number of nitrogen functional groups attached to an aromatic ring is 1. The summed E-state index contributed by atoms with van der Waals surface area (Å²) in [5, 5.41) is 0.780. The molecule has 1 aromatic rings. The van der Waals surface area contributed by atoms with Gasteiger partial charge >= 0.3 is 0 Å². The Labute approximate surface area is 102 Å². The van der Waals surface area contributed by atoms with Gasteiger partial charge in [-0.2, -0.15) is 11.8 Å². The quantitative estimate of drug-likeness (QED) is 0.816. The summed E-state index contributed by atoms with van der Waals surface area (Å²) in [5.74, 6) is 1.27. The summed E-state index contributed by atoms with van der Waals surface area (Å²) < 4.78 is 0. The minimum Gasteiger partial charge on any atom is -0.399 e. The molecule has 1 fully saturated rings. The standard InChI is InChI=1S/C13H20N2S/c1-11-10-15(8-9-16-11)7-6-12-4-2-3-5-13(12)14/h2-5,11H,6-10,14H2,1H3. The van der Waals surface area contributed by atoms with Crippen molar-refractivity contribution in [3.05, 3.63) is 29.8 Å². The van der Waals surface area contributed by atoms with E-state index in [1.807, 2.05) is 12.1 Å². The maximum Gasteiger partial charge on any atom is 0.0347 e. The highest BCUT2D eigenvalue weighted by molar-refractivity contribution is 7.99. The van der Waals surface area contributed by atoms with Gasteiger partial charge in [0.2, 0.25) is 0 Å². The van der Waals surface area contributed by atoms with E-state index < -0.39 is 0 Å². The van der Waals surface area contributed by atoms with Gasteiger partial charge in [0.1, 0.15) is 0 Å². The molecule has 1 aliphatic rings. The SMILES string of the molecule is CC1CN(CCc2ccccc2N)CCS1. The van der Waals surface area contributed by atoms with Crippen LogP contribution >= 0.6 is 11.8 Å². The summed E-state index contributed by atoms with van der Waals surface area (Å²) in [7, 11) is 0. The number of para-hydroxylation sites is 1. The third-order valence-corrected chi connectivity index (χ3v) is 4.21. The molecule has 88 valence electrons. The first-order valence-corrected chi connectivity index (χ1v) is 6.98. The summed E-state index contributed by atoms with van der Waals surface area (Å²) in [6.45, 7) is 5.89. The molecule has 2 nitrogen and oxygen atoms in total. The summed E-state index contributed by atoms with van der Waals surface area (Å²) in [6, 6.07) is 8.19. The van der Waals surface area contributed by atoms with E-state index in [9.17, 15) is 0 Å². The molecule has 0 spiro atoms. The normalized spacial score (nSPS) is 22.2. The van der Waals surface area contributed by atoms with E-state index in [0.29, 0.717) is 0 Å². The van der Waals surface area contributed by atoms with Crippen molar-refractivity contribution in [3.63, 3.8) is 0 Å². The van der Waals surface area contributed by atoms with E-state index in [4.69, 9.17) is 5.73 Å². The number of anilines is 1. The average molecular weight is 236 g/mol. The Morgan fingerprint density at radius 1 is 1.44 bits per heavy atom. The van der Waals surface area contributed by atoms with Gasteiger partial charge in [-0.3, -0.25) is 0 Å². The molecule has 1 saturated heterocycles. The largest absolute Gasteiger partial charge is 0.399 e. The first kappa shape index (κ1) is 11.8. The summed E-state index contributed by atoms with van der Waals surface area (Å²) in [4.78, 5) is 2.55. The van der Waals surface area contributed by atoms with Crippen molar-refractivity contribution in [1.82, 2.24) is 4.90 Å². The predicted octanol–water partition coefficient (Wildman–Crippen LogP) is 2.25. The maximum atomic E-state index is 5.94.